The van der Waals surface area contributed by atoms with E-state index in [0.29, 0.717) is 13.2 Å². The van der Waals surface area contributed by atoms with Crippen LogP contribution in [0.4, 0.5) is 0 Å². The van der Waals surface area contributed by atoms with Gasteiger partial charge in [-0.15, -0.1) is 0 Å². The summed E-state index contributed by atoms with van der Waals surface area (Å²) in [7, 11) is 0. The molecule has 18 heavy (non-hydrogen) atoms. The van der Waals surface area contributed by atoms with E-state index >= 15 is 0 Å². The summed E-state index contributed by atoms with van der Waals surface area (Å²) in [6, 6.07) is 0. The molecule has 104 valence electrons. The molecule has 2 saturated carbocycles. The molecule has 1 unspecified atom stereocenters. The average molecular weight is 255 g/mol. The summed E-state index contributed by atoms with van der Waals surface area (Å²) in [6.07, 6.45) is 7.15. The predicted octanol–water partition coefficient (Wildman–Crippen LogP) is 1.86. The van der Waals surface area contributed by atoms with Crippen molar-refractivity contribution in [3.05, 3.63) is 0 Å². The van der Waals surface area contributed by atoms with Crippen molar-refractivity contribution in [2.45, 2.75) is 51.0 Å². The number of hydrogen-bond acceptors (Lipinski definition) is 4. The van der Waals surface area contributed by atoms with Crippen LogP contribution < -0.4 is 5.73 Å². The lowest BCUT2D eigenvalue weighted by Crippen LogP contribution is -2.55. The summed E-state index contributed by atoms with van der Waals surface area (Å²) < 4.78 is 10.7. The van der Waals surface area contributed by atoms with E-state index in [9.17, 15) is 4.79 Å². The van der Waals surface area contributed by atoms with Crippen LogP contribution in [0.15, 0.2) is 0 Å². The van der Waals surface area contributed by atoms with Crippen molar-refractivity contribution in [2.24, 2.45) is 17.6 Å². The molecule has 0 radical (unpaired) electrons. The van der Waals surface area contributed by atoms with E-state index in [1.807, 2.05) is 6.92 Å². The number of carbonyl (C=O) groups excluding carboxylic acids is 1. The number of rotatable bonds is 8. The van der Waals surface area contributed by atoms with Crippen molar-refractivity contribution >= 4 is 5.97 Å². The van der Waals surface area contributed by atoms with Gasteiger partial charge in [0.05, 0.1) is 13.2 Å². The highest BCUT2D eigenvalue weighted by Gasteiger charge is 2.49. The van der Waals surface area contributed by atoms with Gasteiger partial charge in [0.15, 0.2) is 0 Å². The average Bonchev–Trinajstić information content (AvgIpc) is 3.10. The molecule has 0 bridgehead atoms. The monoisotopic (exact) mass is 255 g/mol. The third kappa shape index (κ3) is 3.23. The van der Waals surface area contributed by atoms with E-state index < -0.39 is 5.54 Å². The first-order valence-electron chi connectivity index (χ1n) is 7.20. The maximum atomic E-state index is 11.9. The molecule has 0 heterocycles. The molecule has 2 aliphatic rings. The summed E-state index contributed by atoms with van der Waals surface area (Å²) in [5, 5.41) is 0. The lowest BCUT2D eigenvalue weighted by atomic mass is 9.83. The Morgan fingerprint density at radius 1 is 1.33 bits per heavy atom. The molecule has 0 spiro atoms. The second-order valence-corrected chi connectivity index (χ2v) is 5.67. The first-order valence-corrected chi connectivity index (χ1v) is 7.20. The Morgan fingerprint density at radius 2 is 2.06 bits per heavy atom. The highest BCUT2D eigenvalue weighted by molar-refractivity contribution is 5.81. The quantitative estimate of drug-likeness (QED) is 0.531. The van der Waals surface area contributed by atoms with Crippen LogP contribution in [-0.2, 0) is 14.3 Å². The number of nitrogens with two attached hydrogens (primary N) is 1. The highest BCUT2D eigenvalue weighted by Crippen LogP contribution is 2.39. The molecular formula is C14H25NO3. The second kappa shape index (κ2) is 6.02. The van der Waals surface area contributed by atoms with Gasteiger partial charge in [0.25, 0.3) is 0 Å². The molecule has 2 aliphatic carbocycles. The minimum absolute atomic E-state index is 0.250. The molecule has 0 aromatic rings. The molecule has 2 rings (SSSR count). The number of carbonyl (C=O) groups is 1. The van der Waals surface area contributed by atoms with Crippen molar-refractivity contribution in [3.8, 4) is 0 Å². The summed E-state index contributed by atoms with van der Waals surface area (Å²) >= 11 is 0. The molecule has 0 aromatic heterocycles. The Kier molecular flexibility index (Phi) is 4.62. The fourth-order valence-corrected chi connectivity index (χ4v) is 2.48. The van der Waals surface area contributed by atoms with Crippen molar-refractivity contribution in [1.82, 2.24) is 0 Å². The highest BCUT2D eigenvalue weighted by atomic mass is 16.5. The Labute approximate surface area is 109 Å². The molecule has 0 aliphatic heterocycles. The molecule has 4 heteroatoms. The van der Waals surface area contributed by atoms with Gasteiger partial charge in [-0.05, 0) is 38.0 Å². The number of ether oxygens (including phenoxy) is 2. The molecule has 1 atom stereocenters. The Balaban J connectivity index is 1.72. The molecule has 0 aromatic carbocycles. The van der Waals surface area contributed by atoms with Gasteiger partial charge in [0.2, 0.25) is 0 Å². The molecular weight excluding hydrogens is 230 g/mol. The topological polar surface area (TPSA) is 61.5 Å². The second-order valence-electron chi connectivity index (χ2n) is 5.67. The summed E-state index contributed by atoms with van der Waals surface area (Å²) in [5.41, 5.74) is 5.29. The van der Waals surface area contributed by atoms with Crippen molar-refractivity contribution in [3.63, 3.8) is 0 Å². The van der Waals surface area contributed by atoms with Crippen LogP contribution in [0.5, 0.6) is 0 Å². The zero-order valence-electron chi connectivity index (χ0n) is 11.3. The van der Waals surface area contributed by atoms with E-state index in [1.165, 1.54) is 19.3 Å². The SMILES string of the molecule is CCOC(=O)C(N)(COCCC1CCC1)C1CC1. The Morgan fingerprint density at radius 3 is 2.56 bits per heavy atom. The van der Waals surface area contributed by atoms with E-state index in [2.05, 4.69) is 0 Å². The van der Waals surface area contributed by atoms with Crippen LogP contribution in [0.2, 0.25) is 0 Å². The third-order valence-corrected chi connectivity index (χ3v) is 4.20. The maximum Gasteiger partial charge on any atom is 0.328 e. The molecule has 4 nitrogen and oxygen atoms in total. The lowest BCUT2D eigenvalue weighted by Gasteiger charge is -2.28. The van der Waals surface area contributed by atoms with Gasteiger partial charge in [-0.25, -0.2) is 4.79 Å². The van der Waals surface area contributed by atoms with Crippen LogP contribution in [-0.4, -0.2) is 31.3 Å². The minimum atomic E-state index is -0.907. The van der Waals surface area contributed by atoms with Crippen LogP contribution in [0.1, 0.15) is 45.4 Å². The normalized spacial score (nSPS) is 23.2. The molecule has 0 saturated heterocycles. The lowest BCUT2D eigenvalue weighted by molar-refractivity contribution is -0.153. The third-order valence-electron chi connectivity index (χ3n) is 4.20. The van der Waals surface area contributed by atoms with Crippen LogP contribution in [0.3, 0.4) is 0 Å². The fourth-order valence-electron chi connectivity index (χ4n) is 2.48. The van der Waals surface area contributed by atoms with Gasteiger partial charge in [0.1, 0.15) is 5.54 Å². The summed E-state index contributed by atoms with van der Waals surface area (Å²) in [5.74, 6) is 0.789. The summed E-state index contributed by atoms with van der Waals surface area (Å²) in [6.45, 7) is 3.22. The van der Waals surface area contributed by atoms with Crippen LogP contribution in [0.25, 0.3) is 0 Å². The maximum absolute atomic E-state index is 11.9. The smallest absolute Gasteiger partial charge is 0.328 e. The van der Waals surface area contributed by atoms with Crippen molar-refractivity contribution in [1.29, 1.82) is 0 Å². The minimum Gasteiger partial charge on any atom is -0.465 e. The fraction of sp³-hybridized carbons (Fsp3) is 0.929. The van der Waals surface area contributed by atoms with Gasteiger partial charge in [-0.2, -0.15) is 0 Å². The van der Waals surface area contributed by atoms with Gasteiger partial charge in [-0.1, -0.05) is 19.3 Å². The van der Waals surface area contributed by atoms with Crippen molar-refractivity contribution in [2.75, 3.05) is 19.8 Å². The molecule has 0 amide bonds. The van der Waals surface area contributed by atoms with Crippen molar-refractivity contribution < 1.29 is 14.3 Å². The van der Waals surface area contributed by atoms with E-state index in [0.717, 1.165) is 31.8 Å². The van der Waals surface area contributed by atoms with E-state index in [1.54, 1.807) is 0 Å². The largest absolute Gasteiger partial charge is 0.465 e. The number of hydrogen-bond donors (Lipinski definition) is 1. The van der Waals surface area contributed by atoms with Crippen LogP contribution in [0, 0.1) is 11.8 Å². The Hall–Kier alpha value is -0.610. The Bertz CT molecular complexity index is 287. The summed E-state index contributed by atoms with van der Waals surface area (Å²) in [4.78, 5) is 11.9. The standard InChI is InChI=1S/C14H25NO3/c1-2-18-13(16)14(15,12-6-7-12)10-17-9-8-11-4-3-5-11/h11-12H,2-10,15H2,1H3. The van der Waals surface area contributed by atoms with Gasteiger partial charge < -0.3 is 15.2 Å². The van der Waals surface area contributed by atoms with E-state index in [4.69, 9.17) is 15.2 Å². The van der Waals surface area contributed by atoms with Gasteiger partial charge >= 0.3 is 5.97 Å². The zero-order chi connectivity index (χ0) is 13.0. The van der Waals surface area contributed by atoms with E-state index in [-0.39, 0.29) is 11.9 Å². The predicted molar refractivity (Wildman–Crippen MR) is 69.1 cm³/mol. The number of esters is 1. The molecule has 2 fully saturated rings. The molecule has 2 N–H and O–H groups in total. The van der Waals surface area contributed by atoms with Gasteiger partial charge in [-0.3, -0.25) is 0 Å². The first kappa shape index (κ1) is 13.8. The first-order chi connectivity index (χ1) is 8.66. The van der Waals surface area contributed by atoms with Gasteiger partial charge in [0, 0.05) is 6.61 Å². The van der Waals surface area contributed by atoms with Crippen LogP contribution >= 0.6 is 0 Å². The zero-order valence-corrected chi connectivity index (χ0v) is 11.3.